The average Bonchev–Trinajstić information content (AvgIpc) is 2.53. The summed E-state index contributed by atoms with van der Waals surface area (Å²) in [6.07, 6.45) is 0.770. The molecule has 27 heavy (non-hydrogen) atoms. The normalized spacial score (nSPS) is 12.1. The van der Waals surface area contributed by atoms with Gasteiger partial charge in [-0.2, -0.15) is 0 Å². The van der Waals surface area contributed by atoms with Crippen LogP contribution in [0.1, 0.15) is 64.7 Å². The van der Waals surface area contributed by atoms with Crippen LogP contribution in [0.5, 0.6) is 17.2 Å². The zero-order valence-electron chi connectivity index (χ0n) is 17.1. The molecule has 0 aromatic heterocycles. The lowest BCUT2D eigenvalue weighted by atomic mass is 9.85. The predicted octanol–water partition coefficient (Wildman–Crippen LogP) is 5.23. The maximum Gasteiger partial charge on any atom is 0.311 e. The first-order valence-electron chi connectivity index (χ1n) is 9.24. The number of hydrogen-bond acceptors (Lipinski definition) is 4. The third kappa shape index (κ3) is 5.49. The van der Waals surface area contributed by atoms with Crippen molar-refractivity contribution in [1.82, 2.24) is 0 Å². The molecule has 4 heteroatoms. The molecule has 146 valence electrons. The molecule has 2 N–H and O–H groups in total. The van der Waals surface area contributed by atoms with Gasteiger partial charge in [0, 0.05) is 12.0 Å². The second-order valence-corrected chi connectivity index (χ2v) is 9.00. The highest BCUT2D eigenvalue weighted by Gasteiger charge is 2.20. The SMILES string of the molecule is CC(C)(C)c1cc(CCC(=O)Oc2ccc(O)c(C(C)(C)C)c2)ccc1O. The van der Waals surface area contributed by atoms with Gasteiger partial charge in [0.05, 0.1) is 0 Å². The van der Waals surface area contributed by atoms with Gasteiger partial charge in [0.25, 0.3) is 0 Å². The van der Waals surface area contributed by atoms with E-state index in [4.69, 9.17) is 4.74 Å². The van der Waals surface area contributed by atoms with E-state index in [1.54, 1.807) is 24.3 Å². The Morgan fingerprint density at radius 2 is 1.37 bits per heavy atom. The van der Waals surface area contributed by atoms with Gasteiger partial charge in [-0.1, -0.05) is 53.7 Å². The van der Waals surface area contributed by atoms with E-state index in [1.807, 2.05) is 53.7 Å². The molecule has 0 fully saturated rings. The minimum Gasteiger partial charge on any atom is -0.508 e. The standard InChI is InChI=1S/C23H30O4/c1-22(2,3)17-13-15(7-10-19(17)24)8-12-21(26)27-16-9-11-20(25)18(14-16)23(4,5)6/h7,9-11,13-14,24-25H,8,12H2,1-6H3. The molecule has 0 heterocycles. The Kier molecular flexibility index (Phi) is 5.88. The van der Waals surface area contributed by atoms with Crippen molar-refractivity contribution in [1.29, 1.82) is 0 Å². The maximum absolute atomic E-state index is 12.2. The minimum atomic E-state index is -0.328. The quantitative estimate of drug-likeness (QED) is 0.571. The zero-order chi connectivity index (χ0) is 20.4. The van der Waals surface area contributed by atoms with Crippen molar-refractivity contribution in [2.75, 3.05) is 0 Å². The lowest BCUT2D eigenvalue weighted by Crippen LogP contribution is -2.14. The van der Waals surface area contributed by atoms with Crippen molar-refractivity contribution in [3.63, 3.8) is 0 Å². The number of rotatable bonds is 4. The summed E-state index contributed by atoms with van der Waals surface area (Å²) < 4.78 is 5.45. The summed E-state index contributed by atoms with van der Waals surface area (Å²) in [5.41, 5.74) is 2.16. The molecule has 2 aromatic rings. The van der Waals surface area contributed by atoms with Crippen molar-refractivity contribution in [2.24, 2.45) is 0 Å². The summed E-state index contributed by atoms with van der Waals surface area (Å²) >= 11 is 0. The number of ether oxygens (including phenoxy) is 1. The number of aromatic hydroxyl groups is 2. The number of phenols is 2. The van der Waals surface area contributed by atoms with Crippen LogP contribution in [0.2, 0.25) is 0 Å². The van der Waals surface area contributed by atoms with Crippen LogP contribution in [0.25, 0.3) is 0 Å². The summed E-state index contributed by atoms with van der Waals surface area (Å²) in [6.45, 7) is 12.1. The molecule has 0 radical (unpaired) electrons. The Hall–Kier alpha value is -2.49. The third-order valence-corrected chi connectivity index (χ3v) is 4.49. The Morgan fingerprint density at radius 1 is 0.852 bits per heavy atom. The van der Waals surface area contributed by atoms with E-state index in [0.717, 1.165) is 16.7 Å². The zero-order valence-corrected chi connectivity index (χ0v) is 17.1. The third-order valence-electron chi connectivity index (χ3n) is 4.49. The molecule has 0 spiro atoms. The topological polar surface area (TPSA) is 66.8 Å². The number of carbonyl (C=O) groups is 1. The van der Waals surface area contributed by atoms with Crippen molar-refractivity contribution >= 4 is 5.97 Å². The van der Waals surface area contributed by atoms with E-state index < -0.39 is 0 Å². The lowest BCUT2D eigenvalue weighted by Gasteiger charge is -2.21. The molecule has 0 atom stereocenters. The first kappa shape index (κ1) is 20.8. The highest BCUT2D eigenvalue weighted by molar-refractivity contribution is 5.73. The van der Waals surface area contributed by atoms with Crippen molar-refractivity contribution in [3.8, 4) is 17.2 Å². The number of hydrogen-bond donors (Lipinski definition) is 2. The maximum atomic E-state index is 12.2. The first-order chi connectivity index (χ1) is 12.4. The van der Waals surface area contributed by atoms with Gasteiger partial charge in [-0.3, -0.25) is 4.79 Å². The van der Waals surface area contributed by atoms with Gasteiger partial charge in [-0.05, 0) is 52.6 Å². The Balaban J connectivity index is 2.06. The van der Waals surface area contributed by atoms with Crippen LogP contribution in [0.3, 0.4) is 0 Å². The lowest BCUT2D eigenvalue weighted by molar-refractivity contribution is -0.134. The molecule has 0 aliphatic carbocycles. The molecule has 4 nitrogen and oxygen atoms in total. The number of phenolic OH excluding ortho intramolecular Hbond substituents is 2. The van der Waals surface area contributed by atoms with Gasteiger partial charge in [-0.15, -0.1) is 0 Å². The average molecular weight is 370 g/mol. The Bertz CT molecular complexity index is 823. The van der Waals surface area contributed by atoms with Crippen LogP contribution in [0.15, 0.2) is 36.4 Å². The summed E-state index contributed by atoms with van der Waals surface area (Å²) in [4.78, 5) is 12.2. The predicted molar refractivity (Wildman–Crippen MR) is 108 cm³/mol. The summed E-state index contributed by atoms with van der Waals surface area (Å²) in [6, 6.07) is 10.3. The Morgan fingerprint density at radius 3 is 1.93 bits per heavy atom. The van der Waals surface area contributed by atoms with Crippen molar-refractivity contribution in [2.45, 2.75) is 65.2 Å². The van der Waals surface area contributed by atoms with E-state index in [0.29, 0.717) is 12.2 Å². The second kappa shape index (κ2) is 7.63. The highest BCUT2D eigenvalue weighted by atomic mass is 16.5. The Labute approximate surface area is 161 Å². The molecule has 2 rings (SSSR count). The van der Waals surface area contributed by atoms with Crippen LogP contribution >= 0.6 is 0 Å². The molecular formula is C23H30O4. The summed E-state index contributed by atoms with van der Waals surface area (Å²) in [7, 11) is 0. The molecule has 0 unspecified atom stereocenters. The van der Waals surface area contributed by atoms with Gasteiger partial charge in [0.1, 0.15) is 17.2 Å². The van der Waals surface area contributed by atoms with Crippen molar-refractivity contribution in [3.05, 3.63) is 53.1 Å². The van der Waals surface area contributed by atoms with Crippen LogP contribution in [-0.4, -0.2) is 16.2 Å². The molecule has 0 bridgehead atoms. The number of aryl methyl sites for hydroxylation is 1. The molecular weight excluding hydrogens is 340 g/mol. The van der Waals surface area contributed by atoms with E-state index in [-0.39, 0.29) is 34.7 Å². The molecule has 0 amide bonds. The van der Waals surface area contributed by atoms with Crippen LogP contribution in [-0.2, 0) is 22.0 Å². The van der Waals surface area contributed by atoms with E-state index in [2.05, 4.69) is 0 Å². The highest BCUT2D eigenvalue weighted by Crippen LogP contribution is 2.34. The molecule has 2 aromatic carbocycles. The van der Waals surface area contributed by atoms with Gasteiger partial charge >= 0.3 is 5.97 Å². The smallest absolute Gasteiger partial charge is 0.311 e. The van der Waals surface area contributed by atoms with E-state index in [9.17, 15) is 15.0 Å². The van der Waals surface area contributed by atoms with Gasteiger partial charge in [-0.25, -0.2) is 0 Å². The second-order valence-electron chi connectivity index (χ2n) is 9.00. The van der Waals surface area contributed by atoms with Gasteiger partial charge in [0.2, 0.25) is 0 Å². The molecule has 0 aliphatic rings. The molecule has 0 aliphatic heterocycles. The van der Waals surface area contributed by atoms with E-state index in [1.165, 1.54) is 0 Å². The van der Waals surface area contributed by atoms with Crippen LogP contribution in [0.4, 0.5) is 0 Å². The number of esters is 1. The molecule has 0 saturated heterocycles. The summed E-state index contributed by atoms with van der Waals surface area (Å²) in [5.74, 6) is 0.573. The minimum absolute atomic E-state index is 0.171. The van der Waals surface area contributed by atoms with E-state index >= 15 is 0 Å². The fourth-order valence-electron chi connectivity index (χ4n) is 2.95. The monoisotopic (exact) mass is 370 g/mol. The summed E-state index contributed by atoms with van der Waals surface area (Å²) in [5, 5.41) is 20.1. The fourth-order valence-corrected chi connectivity index (χ4v) is 2.95. The number of carbonyl (C=O) groups excluding carboxylic acids is 1. The number of benzene rings is 2. The van der Waals surface area contributed by atoms with Crippen LogP contribution in [0, 0.1) is 0 Å². The largest absolute Gasteiger partial charge is 0.508 e. The van der Waals surface area contributed by atoms with Gasteiger partial charge < -0.3 is 14.9 Å². The first-order valence-corrected chi connectivity index (χ1v) is 9.24. The van der Waals surface area contributed by atoms with Crippen molar-refractivity contribution < 1.29 is 19.7 Å². The van der Waals surface area contributed by atoms with Crippen LogP contribution < -0.4 is 4.74 Å². The fraction of sp³-hybridized carbons (Fsp3) is 0.435. The van der Waals surface area contributed by atoms with Gasteiger partial charge in [0.15, 0.2) is 0 Å². The molecule has 0 saturated carbocycles.